The quantitative estimate of drug-likeness (QED) is 0.707. The topological polar surface area (TPSA) is 106 Å². The van der Waals surface area contributed by atoms with Gasteiger partial charge in [0.1, 0.15) is 5.82 Å². The number of nitrogens with one attached hydrogen (secondary N) is 2. The van der Waals surface area contributed by atoms with E-state index in [4.69, 9.17) is 0 Å². The van der Waals surface area contributed by atoms with Crippen LogP contribution in [0.3, 0.4) is 0 Å². The number of rotatable bonds is 7. The fraction of sp³-hybridized carbons (Fsp3) is 0.421. The minimum absolute atomic E-state index is 0.111. The molecule has 0 saturated carbocycles. The Labute approximate surface area is 171 Å². The monoisotopic (exact) mass is 425 g/mol. The summed E-state index contributed by atoms with van der Waals surface area (Å²) in [7, 11) is 0. The van der Waals surface area contributed by atoms with Gasteiger partial charge in [-0.2, -0.15) is 13.2 Å². The molecule has 8 nitrogen and oxygen atoms in total. The average molecular weight is 425 g/mol. The van der Waals surface area contributed by atoms with E-state index in [9.17, 15) is 22.8 Å². The largest absolute Gasteiger partial charge is 0.467 e. The van der Waals surface area contributed by atoms with Crippen LogP contribution in [0.15, 0.2) is 18.3 Å². The van der Waals surface area contributed by atoms with Crippen molar-refractivity contribution in [1.29, 1.82) is 0 Å². The Bertz CT molecular complexity index is 934. The van der Waals surface area contributed by atoms with Crippen LogP contribution < -0.4 is 15.4 Å². The third-order valence-corrected chi connectivity index (χ3v) is 3.82. The highest BCUT2D eigenvalue weighted by molar-refractivity contribution is 5.87. The Hall–Kier alpha value is -3.24. The van der Waals surface area contributed by atoms with Crippen molar-refractivity contribution in [2.24, 2.45) is 0 Å². The molecular formula is C19H22F3N5O3. The second-order valence-electron chi connectivity index (χ2n) is 6.73. The molecular weight excluding hydrogens is 403 g/mol. The Morgan fingerprint density at radius 3 is 2.50 bits per heavy atom. The Morgan fingerprint density at radius 1 is 1.20 bits per heavy atom. The Kier molecular flexibility index (Phi) is 7.30. The highest BCUT2D eigenvalue weighted by Gasteiger charge is 2.29. The molecule has 11 heteroatoms. The van der Waals surface area contributed by atoms with Crippen molar-refractivity contribution < 1.29 is 27.5 Å². The molecule has 0 spiro atoms. The molecule has 1 atom stereocenters. The van der Waals surface area contributed by atoms with Crippen LogP contribution >= 0.6 is 0 Å². The smallest absolute Gasteiger partial charge is 0.422 e. The molecule has 0 aromatic carbocycles. The molecule has 0 saturated heterocycles. The maximum absolute atomic E-state index is 12.4. The van der Waals surface area contributed by atoms with Gasteiger partial charge in [0.25, 0.3) is 0 Å². The van der Waals surface area contributed by atoms with Crippen LogP contribution in [0.5, 0.6) is 5.88 Å². The third kappa shape index (κ3) is 7.30. The number of hydrogen-bond acceptors (Lipinski definition) is 6. The lowest BCUT2D eigenvalue weighted by Crippen LogP contribution is -2.28. The van der Waals surface area contributed by atoms with Crippen molar-refractivity contribution in [1.82, 2.24) is 20.3 Å². The summed E-state index contributed by atoms with van der Waals surface area (Å²) in [5, 5.41) is 5.41. The number of halogens is 3. The molecule has 1 unspecified atom stereocenters. The van der Waals surface area contributed by atoms with Gasteiger partial charge in [-0.05, 0) is 38.5 Å². The zero-order valence-corrected chi connectivity index (χ0v) is 16.9. The predicted molar refractivity (Wildman–Crippen MR) is 102 cm³/mol. The predicted octanol–water partition coefficient (Wildman–Crippen LogP) is 2.81. The van der Waals surface area contributed by atoms with Crippen molar-refractivity contribution in [3.63, 3.8) is 0 Å². The molecule has 0 aliphatic rings. The maximum Gasteiger partial charge on any atom is 0.422 e. The number of hydrogen-bond donors (Lipinski definition) is 2. The normalized spacial score (nSPS) is 12.2. The molecule has 2 N–H and O–H groups in total. The van der Waals surface area contributed by atoms with E-state index in [1.54, 1.807) is 26.0 Å². The Morgan fingerprint density at radius 2 is 1.90 bits per heavy atom. The van der Waals surface area contributed by atoms with Gasteiger partial charge in [0.2, 0.25) is 17.7 Å². The first-order chi connectivity index (χ1) is 13.9. The molecule has 162 valence electrons. The first kappa shape index (κ1) is 23.0. The molecule has 0 aliphatic carbocycles. The summed E-state index contributed by atoms with van der Waals surface area (Å²) in [5.41, 5.74) is 1.87. The summed E-state index contributed by atoms with van der Waals surface area (Å²) in [6.45, 7) is 4.90. The van der Waals surface area contributed by atoms with Crippen molar-refractivity contribution in [2.45, 2.75) is 46.3 Å². The fourth-order valence-electron chi connectivity index (χ4n) is 2.63. The third-order valence-electron chi connectivity index (χ3n) is 3.82. The lowest BCUT2D eigenvalue weighted by molar-refractivity contribution is -0.154. The molecule has 2 aromatic heterocycles. The molecule has 0 fully saturated rings. The highest BCUT2D eigenvalue weighted by atomic mass is 19.4. The molecule has 0 aliphatic heterocycles. The van der Waals surface area contributed by atoms with E-state index in [-0.39, 0.29) is 35.9 Å². The van der Waals surface area contributed by atoms with E-state index < -0.39 is 12.8 Å². The van der Waals surface area contributed by atoms with Crippen LogP contribution in [0, 0.1) is 13.8 Å². The van der Waals surface area contributed by atoms with Gasteiger partial charge < -0.3 is 15.4 Å². The number of pyridine rings is 1. The van der Waals surface area contributed by atoms with Gasteiger partial charge in [-0.25, -0.2) is 9.97 Å². The fourth-order valence-corrected chi connectivity index (χ4v) is 2.63. The van der Waals surface area contributed by atoms with Gasteiger partial charge in [0.05, 0.1) is 30.0 Å². The number of anilines is 1. The van der Waals surface area contributed by atoms with Crippen LogP contribution in [-0.2, 0) is 16.0 Å². The van der Waals surface area contributed by atoms with E-state index in [2.05, 4.69) is 30.3 Å². The van der Waals surface area contributed by atoms with E-state index in [0.717, 1.165) is 5.56 Å². The van der Waals surface area contributed by atoms with Gasteiger partial charge in [-0.15, -0.1) is 0 Å². The number of amides is 2. The first-order valence-corrected chi connectivity index (χ1v) is 9.00. The number of aryl methyl sites for hydroxylation is 2. The summed E-state index contributed by atoms with van der Waals surface area (Å²) in [6, 6.07) is 3.07. The molecule has 0 bridgehead atoms. The van der Waals surface area contributed by atoms with Gasteiger partial charge >= 0.3 is 6.18 Å². The van der Waals surface area contributed by atoms with Gasteiger partial charge in [0, 0.05) is 12.6 Å². The standard InChI is InChI=1S/C19H22F3N5O3/c1-10-5-14(6-16(24-10)27-13(4)28)11(2)26-17(29)7-15-8-23-18(12(3)25-15)30-9-19(20,21)22/h5-6,8,11H,7,9H2,1-4H3,(H,26,29)(H,24,27,28). The second kappa shape index (κ2) is 9.51. The number of nitrogens with zero attached hydrogens (tertiary/aromatic N) is 3. The van der Waals surface area contributed by atoms with Crippen molar-refractivity contribution in [2.75, 3.05) is 11.9 Å². The minimum Gasteiger partial charge on any atom is -0.467 e. The lowest BCUT2D eigenvalue weighted by atomic mass is 10.1. The Balaban J connectivity index is 2.01. The van der Waals surface area contributed by atoms with Crippen molar-refractivity contribution in [3.8, 4) is 5.88 Å². The molecule has 2 heterocycles. The van der Waals surface area contributed by atoms with Crippen molar-refractivity contribution >= 4 is 17.6 Å². The molecule has 0 radical (unpaired) electrons. The number of carbonyl (C=O) groups is 2. The van der Waals surface area contributed by atoms with Gasteiger partial charge in [-0.3, -0.25) is 14.6 Å². The minimum atomic E-state index is -4.48. The SMILES string of the molecule is CC(=O)Nc1cc(C(C)NC(=O)Cc2cnc(OCC(F)(F)F)c(C)n2)cc(C)n1. The van der Waals surface area contributed by atoms with Crippen LogP contribution in [0.2, 0.25) is 0 Å². The summed E-state index contributed by atoms with van der Waals surface area (Å²) in [4.78, 5) is 35.7. The number of ether oxygens (including phenoxy) is 1. The van der Waals surface area contributed by atoms with Crippen molar-refractivity contribution in [3.05, 3.63) is 41.0 Å². The molecule has 2 rings (SSSR count). The summed E-state index contributed by atoms with van der Waals surface area (Å²) in [5.74, 6) is -0.458. The molecule has 30 heavy (non-hydrogen) atoms. The van der Waals surface area contributed by atoms with E-state index in [1.807, 2.05) is 0 Å². The zero-order valence-electron chi connectivity index (χ0n) is 16.9. The average Bonchev–Trinajstić information content (AvgIpc) is 2.59. The van der Waals surface area contributed by atoms with Gasteiger partial charge in [0.15, 0.2) is 6.61 Å². The van der Waals surface area contributed by atoms with E-state index in [1.165, 1.54) is 20.0 Å². The highest BCUT2D eigenvalue weighted by Crippen LogP contribution is 2.20. The molecule has 2 aromatic rings. The number of carbonyl (C=O) groups excluding carboxylic acids is 2. The summed E-state index contributed by atoms with van der Waals surface area (Å²) < 4.78 is 41.3. The summed E-state index contributed by atoms with van der Waals surface area (Å²) in [6.07, 6.45) is -3.39. The number of aromatic nitrogens is 3. The van der Waals surface area contributed by atoms with Crippen LogP contribution in [0.25, 0.3) is 0 Å². The molecule has 2 amide bonds. The maximum atomic E-state index is 12.4. The van der Waals surface area contributed by atoms with E-state index in [0.29, 0.717) is 17.2 Å². The zero-order chi connectivity index (χ0) is 22.5. The lowest BCUT2D eigenvalue weighted by Gasteiger charge is -2.16. The van der Waals surface area contributed by atoms with Crippen LogP contribution in [-0.4, -0.2) is 39.5 Å². The van der Waals surface area contributed by atoms with Crippen LogP contribution in [0.4, 0.5) is 19.0 Å². The number of alkyl halides is 3. The first-order valence-electron chi connectivity index (χ1n) is 9.00. The summed E-state index contributed by atoms with van der Waals surface area (Å²) >= 11 is 0. The van der Waals surface area contributed by atoms with Crippen LogP contribution in [0.1, 0.15) is 42.5 Å². The van der Waals surface area contributed by atoms with Gasteiger partial charge in [-0.1, -0.05) is 0 Å². The second-order valence-corrected chi connectivity index (χ2v) is 6.73. The van der Waals surface area contributed by atoms with E-state index >= 15 is 0 Å².